The largest absolute Gasteiger partial charge is 0.396 e. The first-order valence-electron chi connectivity index (χ1n) is 7.54. The molecule has 21 heavy (non-hydrogen) atoms. The Morgan fingerprint density at radius 2 is 1.95 bits per heavy atom. The van der Waals surface area contributed by atoms with Gasteiger partial charge in [0.05, 0.1) is 5.69 Å². The third-order valence-corrected chi connectivity index (χ3v) is 3.93. The summed E-state index contributed by atoms with van der Waals surface area (Å²) in [4.78, 5) is 16.6. The zero-order valence-electron chi connectivity index (χ0n) is 12.8. The molecule has 116 valence electrons. The van der Waals surface area contributed by atoms with Gasteiger partial charge in [-0.1, -0.05) is 13.8 Å². The molecular formula is C16H24FN3O. The second-order valence-electron chi connectivity index (χ2n) is 6.05. The summed E-state index contributed by atoms with van der Waals surface area (Å²) in [7, 11) is 0. The monoisotopic (exact) mass is 293 g/mol. The predicted octanol–water partition coefficient (Wildman–Crippen LogP) is 2.21. The normalized spacial score (nSPS) is 16.5. The summed E-state index contributed by atoms with van der Waals surface area (Å²) in [6, 6.07) is 4.17. The first-order chi connectivity index (χ1) is 9.97. The van der Waals surface area contributed by atoms with E-state index in [1.165, 1.54) is 24.6 Å². The maximum atomic E-state index is 13.1. The van der Waals surface area contributed by atoms with Gasteiger partial charge in [0.15, 0.2) is 0 Å². The first kappa shape index (κ1) is 15.8. The summed E-state index contributed by atoms with van der Waals surface area (Å²) in [5.74, 6) is 0.155. The van der Waals surface area contributed by atoms with Crippen molar-refractivity contribution >= 4 is 11.6 Å². The van der Waals surface area contributed by atoms with Crippen molar-refractivity contribution in [2.75, 3.05) is 38.5 Å². The lowest BCUT2D eigenvalue weighted by molar-refractivity contribution is 0.0632. The van der Waals surface area contributed by atoms with Crippen molar-refractivity contribution in [1.82, 2.24) is 9.80 Å². The van der Waals surface area contributed by atoms with E-state index in [1.54, 1.807) is 0 Å². The van der Waals surface area contributed by atoms with Gasteiger partial charge in [0, 0.05) is 31.7 Å². The van der Waals surface area contributed by atoms with E-state index in [0.29, 0.717) is 24.6 Å². The molecule has 0 spiro atoms. The second kappa shape index (κ2) is 6.89. The summed E-state index contributed by atoms with van der Waals surface area (Å²) < 4.78 is 13.1. The number of nitrogens with zero attached hydrogens (tertiary/aromatic N) is 2. The summed E-state index contributed by atoms with van der Waals surface area (Å²) >= 11 is 0. The van der Waals surface area contributed by atoms with Gasteiger partial charge in [-0.15, -0.1) is 0 Å². The van der Waals surface area contributed by atoms with Gasteiger partial charge in [-0.3, -0.25) is 9.69 Å². The van der Waals surface area contributed by atoms with Gasteiger partial charge in [-0.25, -0.2) is 4.39 Å². The highest BCUT2D eigenvalue weighted by Crippen LogP contribution is 2.15. The van der Waals surface area contributed by atoms with Crippen molar-refractivity contribution in [2.24, 2.45) is 5.92 Å². The van der Waals surface area contributed by atoms with Crippen LogP contribution in [0, 0.1) is 11.7 Å². The maximum absolute atomic E-state index is 13.1. The fraction of sp³-hybridized carbons (Fsp3) is 0.562. The number of amides is 1. The highest BCUT2D eigenvalue weighted by atomic mass is 19.1. The Morgan fingerprint density at radius 1 is 1.29 bits per heavy atom. The van der Waals surface area contributed by atoms with Crippen LogP contribution >= 0.6 is 0 Å². The van der Waals surface area contributed by atoms with E-state index in [9.17, 15) is 9.18 Å². The third kappa shape index (κ3) is 4.17. The molecule has 0 bridgehead atoms. The molecule has 1 heterocycles. The van der Waals surface area contributed by atoms with Crippen LogP contribution in [-0.2, 0) is 0 Å². The molecule has 2 N–H and O–H groups in total. The standard InChI is InChI=1S/C16H24FN3O/c1-12(2)5-6-19-7-9-20(10-8-19)16(21)13-3-4-14(17)15(18)11-13/h3-4,11-12H,5-10,18H2,1-2H3. The summed E-state index contributed by atoms with van der Waals surface area (Å²) in [6.07, 6.45) is 1.18. The summed E-state index contributed by atoms with van der Waals surface area (Å²) in [5.41, 5.74) is 6.01. The fourth-order valence-electron chi connectivity index (χ4n) is 2.47. The topological polar surface area (TPSA) is 49.6 Å². The molecule has 2 rings (SSSR count). The van der Waals surface area contributed by atoms with Gasteiger partial charge >= 0.3 is 0 Å². The van der Waals surface area contributed by atoms with Gasteiger partial charge < -0.3 is 10.6 Å². The van der Waals surface area contributed by atoms with Crippen LogP contribution < -0.4 is 5.73 Å². The minimum atomic E-state index is -0.481. The molecule has 1 fully saturated rings. The van der Waals surface area contributed by atoms with Crippen LogP contribution in [0.25, 0.3) is 0 Å². The Labute approximate surface area is 125 Å². The van der Waals surface area contributed by atoms with E-state index >= 15 is 0 Å². The number of hydrogen-bond donors (Lipinski definition) is 1. The highest BCUT2D eigenvalue weighted by Gasteiger charge is 2.22. The van der Waals surface area contributed by atoms with Crippen LogP contribution in [0.15, 0.2) is 18.2 Å². The molecule has 1 aromatic carbocycles. The van der Waals surface area contributed by atoms with E-state index in [2.05, 4.69) is 18.7 Å². The van der Waals surface area contributed by atoms with Crippen LogP contribution in [0.1, 0.15) is 30.6 Å². The molecule has 4 nitrogen and oxygen atoms in total. The van der Waals surface area contributed by atoms with Crippen LogP contribution in [0.5, 0.6) is 0 Å². The molecule has 1 amide bonds. The Bertz CT molecular complexity index is 496. The molecule has 1 aromatic rings. The minimum absolute atomic E-state index is 0.0245. The number of carbonyl (C=O) groups is 1. The van der Waals surface area contributed by atoms with E-state index < -0.39 is 5.82 Å². The molecular weight excluding hydrogens is 269 g/mol. The minimum Gasteiger partial charge on any atom is -0.396 e. The molecule has 0 unspecified atom stereocenters. The molecule has 0 aliphatic carbocycles. The molecule has 0 atom stereocenters. The Kier molecular flexibility index (Phi) is 5.17. The molecule has 5 heteroatoms. The van der Waals surface area contributed by atoms with Gasteiger partial charge in [0.25, 0.3) is 5.91 Å². The molecule has 0 saturated carbocycles. The maximum Gasteiger partial charge on any atom is 0.254 e. The average molecular weight is 293 g/mol. The Balaban J connectivity index is 1.89. The second-order valence-corrected chi connectivity index (χ2v) is 6.05. The predicted molar refractivity (Wildman–Crippen MR) is 82.6 cm³/mol. The van der Waals surface area contributed by atoms with Gasteiger partial charge in [-0.2, -0.15) is 0 Å². The Hall–Kier alpha value is -1.62. The van der Waals surface area contributed by atoms with Crippen molar-refractivity contribution in [2.45, 2.75) is 20.3 Å². The number of rotatable bonds is 4. The van der Waals surface area contributed by atoms with Crippen molar-refractivity contribution in [3.05, 3.63) is 29.6 Å². The molecule has 1 saturated heterocycles. The van der Waals surface area contributed by atoms with Crippen molar-refractivity contribution in [1.29, 1.82) is 0 Å². The van der Waals surface area contributed by atoms with Crippen LogP contribution in [0.3, 0.4) is 0 Å². The number of benzene rings is 1. The van der Waals surface area contributed by atoms with Gasteiger partial charge in [0.2, 0.25) is 0 Å². The number of nitrogens with two attached hydrogens (primary N) is 1. The lowest BCUT2D eigenvalue weighted by Gasteiger charge is -2.35. The number of halogens is 1. The third-order valence-electron chi connectivity index (χ3n) is 3.93. The van der Waals surface area contributed by atoms with Gasteiger partial charge in [-0.05, 0) is 37.1 Å². The van der Waals surface area contributed by atoms with Crippen LogP contribution in [0.4, 0.5) is 10.1 Å². The quantitative estimate of drug-likeness (QED) is 0.866. The van der Waals surface area contributed by atoms with E-state index in [0.717, 1.165) is 19.6 Å². The molecule has 1 aliphatic heterocycles. The average Bonchev–Trinajstić information content (AvgIpc) is 2.48. The van der Waals surface area contributed by atoms with Gasteiger partial charge in [0.1, 0.15) is 5.82 Å². The zero-order chi connectivity index (χ0) is 15.4. The lowest BCUT2D eigenvalue weighted by atomic mass is 10.1. The highest BCUT2D eigenvalue weighted by molar-refractivity contribution is 5.95. The fourth-order valence-corrected chi connectivity index (χ4v) is 2.47. The lowest BCUT2D eigenvalue weighted by Crippen LogP contribution is -2.49. The number of piperazine rings is 1. The first-order valence-corrected chi connectivity index (χ1v) is 7.54. The summed E-state index contributed by atoms with van der Waals surface area (Å²) in [5, 5.41) is 0. The van der Waals surface area contributed by atoms with E-state index in [1.807, 2.05) is 4.90 Å². The number of hydrogen-bond acceptors (Lipinski definition) is 3. The molecule has 0 aromatic heterocycles. The molecule has 0 radical (unpaired) electrons. The smallest absolute Gasteiger partial charge is 0.254 e. The van der Waals surface area contributed by atoms with Crippen molar-refractivity contribution in [3.63, 3.8) is 0 Å². The van der Waals surface area contributed by atoms with Crippen LogP contribution in [-0.4, -0.2) is 48.4 Å². The zero-order valence-corrected chi connectivity index (χ0v) is 12.8. The number of anilines is 1. The number of carbonyl (C=O) groups excluding carboxylic acids is 1. The van der Waals surface area contributed by atoms with E-state index in [-0.39, 0.29) is 11.6 Å². The van der Waals surface area contributed by atoms with E-state index in [4.69, 9.17) is 5.73 Å². The SMILES string of the molecule is CC(C)CCN1CCN(C(=O)c2ccc(F)c(N)c2)CC1. The summed E-state index contributed by atoms with van der Waals surface area (Å²) in [6.45, 7) is 8.76. The van der Waals surface area contributed by atoms with Crippen molar-refractivity contribution in [3.8, 4) is 0 Å². The molecule has 1 aliphatic rings. The number of nitrogen functional groups attached to an aromatic ring is 1. The van der Waals surface area contributed by atoms with Crippen molar-refractivity contribution < 1.29 is 9.18 Å². The van der Waals surface area contributed by atoms with Crippen LogP contribution in [0.2, 0.25) is 0 Å². The Morgan fingerprint density at radius 3 is 2.52 bits per heavy atom.